The third-order valence-corrected chi connectivity index (χ3v) is 3.15. The van der Waals surface area contributed by atoms with Crippen LogP contribution in [0.3, 0.4) is 0 Å². The summed E-state index contributed by atoms with van der Waals surface area (Å²) in [4.78, 5) is 11.8. The van der Waals surface area contributed by atoms with E-state index in [1.807, 2.05) is 6.92 Å². The van der Waals surface area contributed by atoms with Gasteiger partial charge in [-0.15, -0.1) is 0 Å². The predicted octanol–water partition coefficient (Wildman–Crippen LogP) is 3.94. The van der Waals surface area contributed by atoms with Gasteiger partial charge in [0.05, 0.1) is 12.3 Å². The lowest BCUT2D eigenvalue weighted by Gasteiger charge is -2.09. The van der Waals surface area contributed by atoms with Gasteiger partial charge in [-0.2, -0.15) is 0 Å². The average molecular weight is 338 g/mol. The molecule has 24 heavy (non-hydrogen) atoms. The van der Waals surface area contributed by atoms with E-state index in [1.54, 1.807) is 24.3 Å². The van der Waals surface area contributed by atoms with Gasteiger partial charge in [0.15, 0.2) is 17.5 Å². The number of hydrogen-bond donors (Lipinski definition) is 2. The number of carbonyl (C=O) groups excluding carboxylic acids is 1. The van der Waals surface area contributed by atoms with E-state index >= 15 is 0 Å². The summed E-state index contributed by atoms with van der Waals surface area (Å²) in [6, 6.07) is 8.76. The van der Waals surface area contributed by atoms with Crippen molar-refractivity contribution >= 4 is 17.3 Å². The molecule has 0 aliphatic carbocycles. The monoisotopic (exact) mass is 338 g/mol. The van der Waals surface area contributed by atoms with E-state index < -0.39 is 17.5 Å². The Bertz CT molecular complexity index is 706. The standard InChI is InChI=1S/C17H17F3N2O2/c1-2-24-12-5-3-11(4-6-12)22-15(23)9-10-21-14-8-7-13(18)16(19)17(14)20/h3-8,21H,2,9-10H2,1H3,(H,22,23). The smallest absolute Gasteiger partial charge is 0.226 e. The van der Waals surface area contributed by atoms with Crippen molar-refractivity contribution in [1.29, 1.82) is 0 Å². The van der Waals surface area contributed by atoms with Gasteiger partial charge in [-0.25, -0.2) is 13.2 Å². The number of benzene rings is 2. The van der Waals surface area contributed by atoms with Crippen LogP contribution >= 0.6 is 0 Å². The van der Waals surface area contributed by atoms with Gasteiger partial charge < -0.3 is 15.4 Å². The molecule has 7 heteroatoms. The molecule has 2 aromatic carbocycles. The first-order chi connectivity index (χ1) is 11.5. The van der Waals surface area contributed by atoms with Gasteiger partial charge in [-0.3, -0.25) is 4.79 Å². The fourth-order valence-electron chi connectivity index (χ4n) is 2.00. The van der Waals surface area contributed by atoms with Crippen molar-refractivity contribution < 1.29 is 22.7 Å². The average Bonchev–Trinajstić information content (AvgIpc) is 2.57. The topological polar surface area (TPSA) is 50.4 Å². The van der Waals surface area contributed by atoms with Crippen LogP contribution in [0.5, 0.6) is 5.75 Å². The zero-order valence-corrected chi connectivity index (χ0v) is 13.0. The molecule has 1 amide bonds. The van der Waals surface area contributed by atoms with Gasteiger partial charge in [-0.1, -0.05) is 0 Å². The second-order valence-electron chi connectivity index (χ2n) is 4.91. The van der Waals surface area contributed by atoms with Crippen LogP contribution in [0.25, 0.3) is 0 Å². The molecule has 128 valence electrons. The van der Waals surface area contributed by atoms with E-state index in [1.165, 1.54) is 0 Å². The van der Waals surface area contributed by atoms with Crippen molar-refractivity contribution in [3.8, 4) is 5.75 Å². The zero-order chi connectivity index (χ0) is 17.5. The molecule has 0 aliphatic heterocycles. The highest BCUT2D eigenvalue weighted by Gasteiger charge is 2.13. The summed E-state index contributed by atoms with van der Waals surface area (Å²) in [5.74, 6) is -3.70. The summed E-state index contributed by atoms with van der Waals surface area (Å²) in [5.41, 5.74) is 0.408. The maximum atomic E-state index is 13.4. The van der Waals surface area contributed by atoms with Crippen LogP contribution in [-0.4, -0.2) is 19.1 Å². The number of nitrogens with one attached hydrogen (secondary N) is 2. The minimum Gasteiger partial charge on any atom is -0.494 e. The van der Waals surface area contributed by atoms with E-state index in [9.17, 15) is 18.0 Å². The van der Waals surface area contributed by atoms with Crippen molar-refractivity contribution in [2.24, 2.45) is 0 Å². The summed E-state index contributed by atoms with van der Waals surface area (Å²) in [7, 11) is 0. The van der Waals surface area contributed by atoms with Gasteiger partial charge in [-0.05, 0) is 43.3 Å². The lowest BCUT2D eigenvalue weighted by Crippen LogP contribution is -2.16. The Labute approximate surface area is 137 Å². The summed E-state index contributed by atoms with van der Waals surface area (Å²) >= 11 is 0. The molecule has 0 saturated carbocycles. The lowest BCUT2D eigenvalue weighted by molar-refractivity contribution is -0.115. The quantitative estimate of drug-likeness (QED) is 0.752. The van der Waals surface area contributed by atoms with Gasteiger partial charge in [0.1, 0.15) is 5.75 Å². The molecule has 0 unspecified atom stereocenters. The van der Waals surface area contributed by atoms with Crippen molar-refractivity contribution in [2.45, 2.75) is 13.3 Å². The van der Waals surface area contributed by atoms with Gasteiger partial charge >= 0.3 is 0 Å². The van der Waals surface area contributed by atoms with E-state index in [-0.39, 0.29) is 24.6 Å². The van der Waals surface area contributed by atoms with E-state index in [0.717, 1.165) is 12.1 Å². The molecule has 0 atom stereocenters. The molecule has 4 nitrogen and oxygen atoms in total. The summed E-state index contributed by atoms with van der Waals surface area (Å²) in [6.45, 7) is 2.50. The van der Waals surface area contributed by atoms with Crippen LogP contribution in [0, 0.1) is 17.5 Å². The highest BCUT2D eigenvalue weighted by atomic mass is 19.2. The van der Waals surface area contributed by atoms with E-state index in [2.05, 4.69) is 10.6 Å². The lowest BCUT2D eigenvalue weighted by atomic mass is 10.2. The Morgan fingerprint density at radius 3 is 2.42 bits per heavy atom. The second kappa shape index (κ2) is 8.24. The van der Waals surface area contributed by atoms with E-state index in [0.29, 0.717) is 18.0 Å². The normalized spacial score (nSPS) is 10.3. The second-order valence-corrected chi connectivity index (χ2v) is 4.91. The maximum Gasteiger partial charge on any atom is 0.226 e. The largest absolute Gasteiger partial charge is 0.494 e. The van der Waals surface area contributed by atoms with Gasteiger partial charge in [0, 0.05) is 18.7 Å². The number of amides is 1. The first-order valence-corrected chi connectivity index (χ1v) is 7.41. The molecule has 2 N–H and O–H groups in total. The summed E-state index contributed by atoms with van der Waals surface area (Å²) < 4.78 is 44.6. The molecule has 0 heterocycles. The number of anilines is 2. The Kier molecular flexibility index (Phi) is 6.06. The molecule has 0 fully saturated rings. The molecular weight excluding hydrogens is 321 g/mol. The first-order valence-electron chi connectivity index (χ1n) is 7.41. The highest BCUT2D eigenvalue weighted by Crippen LogP contribution is 2.19. The van der Waals surface area contributed by atoms with Crippen molar-refractivity contribution in [3.05, 3.63) is 53.8 Å². The van der Waals surface area contributed by atoms with Crippen LogP contribution in [0.15, 0.2) is 36.4 Å². The van der Waals surface area contributed by atoms with Crippen molar-refractivity contribution in [2.75, 3.05) is 23.8 Å². The summed E-state index contributed by atoms with van der Waals surface area (Å²) in [5, 5.41) is 5.23. The highest BCUT2D eigenvalue weighted by molar-refractivity contribution is 5.91. The molecule has 0 spiro atoms. The first kappa shape index (κ1) is 17.7. The molecule has 0 aromatic heterocycles. The molecule has 2 aromatic rings. The van der Waals surface area contributed by atoms with Crippen LogP contribution in [-0.2, 0) is 4.79 Å². The molecule has 0 saturated heterocycles. The van der Waals surface area contributed by atoms with Crippen LogP contribution in [0.2, 0.25) is 0 Å². The Balaban J connectivity index is 1.82. The van der Waals surface area contributed by atoms with Gasteiger partial charge in [0.2, 0.25) is 5.91 Å². The van der Waals surface area contributed by atoms with Crippen LogP contribution in [0.1, 0.15) is 13.3 Å². The fraction of sp³-hybridized carbons (Fsp3) is 0.235. The zero-order valence-electron chi connectivity index (χ0n) is 13.0. The van der Waals surface area contributed by atoms with Gasteiger partial charge in [0.25, 0.3) is 0 Å². The number of carbonyl (C=O) groups is 1. The van der Waals surface area contributed by atoms with Crippen LogP contribution in [0.4, 0.5) is 24.5 Å². The van der Waals surface area contributed by atoms with Crippen LogP contribution < -0.4 is 15.4 Å². The minimum atomic E-state index is -1.54. The Morgan fingerprint density at radius 2 is 1.75 bits per heavy atom. The third-order valence-electron chi connectivity index (χ3n) is 3.15. The molecule has 2 rings (SSSR count). The minimum absolute atomic E-state index is 0.0334. The number of hydrogen-bond acceptors (Lipinski definition) is 3. The number of rotatable bonds is 7. The maximum absolute atomic E-state index is 13.4. The Morgan fingerprint density at radius 1 is 1.04 bits per heavy atom. The van der Waals surface area contributed by atoms with Crippen molar-refractivity contribution in [3.63, 3.8) is 0 Å². The molecular formula is C17H17F3N2O2. The number of ether oxygens (including phenoxy) is 1. The SMILES string of the molecule is CCOc1ccc(NC(=O)CCNc2ccc(F)c(F)c2F)cc1. The molecule has 0 bridgehead atoms. The molecule has 0 aliphatic rings. The predicted molar refractivity (Wildman–Crippen MR) is 85.7 cm³/mol. The third kappa shape index (κ3) is 4.65. The number of halogens is 3. The van der Waals surface area contributed by atoms with E-state index in [4.69, 9.17) is 4.74 Å². The fourth-order valence-corrected chi connectivity index (χ4v) is 2.00. The molecule has 0 radical (unpaired) electrons. The summed E-state index contributed by atoms with van der Waals surface area (Å²) in [6.07, 6.45) is 0.0334. The Hall–Kier alpha value is -2.70. The van der Waals surface area contributed by atoms with Crippen molar-refractivity contribution in [1.82, 2.24) is 0 Å².